The Morgan fingerprint density at radius 3 is 2.58 bits per heavy atom. The summed E-state index contributed by atoms with van der Waals surface area (Å²) in [6.07, 6.45) is 2.08. The van der Waals surface area contributed by atoms with E-state index in [1.807, 2.05) is 18.8 Å². The van der Waals surface area contributed by atoms with Crippen LogP contribution in [-0.2, 0) is 0 Å². The number of hydrogen-bond acceptors (Lipinski definition) is 3. The highest BCUT2D eigenvalue weighted by atomic mass is 32.2. The molecule has 0 aromatic carbocycles. The molecule has 12 heavy (non-hydrogen) atoms. The largest absolute Gasteiger partial charge is 0.396 e. The Morgan fingerprint density at radius 1 is 1.50 bits per heavy atom. The third-order valence-electron chi connectivity index (χ3n) is 2.06. The number of hydrogen-bond donors (Lipinski definition) is 2. The maximum Gasteiger partial charge on any atom is 0.0438 e. The van der Waals surface area contributed by atoms with E-state index < -0.39 is 0 Å². The maximum atomic E-state index is 8.60. The third kappa shape index (κ3) is 5.01. The molecule has 0 saturated heterocycles. The normalized spacial score (nSPS) is 16.0. The molecule has 0 aromatic rings. The summed E-state index contributed by atoms with van der Waals surface area (Å²) in [7, 11) is 2.01. The minimum atomic E-state index is 0.316. The summed E-state index contributed by atoms with van der Waals surface area (Å²) in [6, 6.07) is 0.605. The van der Waals surface area contributed by atoms with E-state index in [4.69, 9.17) is 5.11 Å². The van der Waals surface area contributed by atoms with Gasteiger partial charge >= 0.3 is 0 Å². The average molecular weight is 191 g/mol. The van der Waals surface area contributed by atoms with Crippen LogP contribution in [0.1, 0.15) is 26.7 Å². The van der Waals surface area contributed by atoms with E-state index in [1.165, 1.54) is 6.42 Å². The van der Waals surface area contributed by atoms with Crippen molar-refractivity contribution in [2.45, 2.75) is 38.0 Å². The molecule has 74 valence electrons. The van der Waals surface area contributed by atoms with Gasteiger partial charge in [0.1, 0.15) is 0 Å². The van der Waals surface area contributed by atoms with Crippen LogP contribution in [0, 0.1) is 0 Å². The summed E-state index contributed by atoms with van der Waals surface area (Å²) in [4.78, 5) is 0. The predicted octanol–water partition coefficient (Wildman–Crippen LogP) is 1.49. The second-order valence-electron chi connectivity index (χ2n) is 2.96. The highest BCUT2D eigenvalue weighted by Gasteiger charge is 2.12. The van der Waals surface area contributed by atoms with Gasteiger partial charge in [0.15, 0.2) is 0 Å². The SMILES string of the molecule is CCC(NC)C(C)SCCCO. The Labute approximate surface area is 80.1 Å². The van der Waals surface area contributed by atoms with Crippen molar-refractivity contribution in [2.75, 3.05) is 19.4 Å². The van der Waals surface area contributed by atoms with Crippen molar-refractivity contribution in [1.82, 2.24) is 5.32 Å². The molecule has 0 spiro atoms. The van der Waals surface area contributed by atoms with Gasteiger partial charge in [0, 0.05) is 17.9 Å². The zero-order valence-corrected chi connectivity index (χ0v) is 9.16. The van der Waals surface area contributed by atoms with Crippen LogP contribution >= 0.6 is 11.8 Å². The minimum absolute atomic E-state index is 0.316. The molecule has 0 aliphatic heterocycles. The van der Waals surface area contributed by atoms with Crippen LogP contribution in [0.15, 0.2) is 0 Å². The van der Waals surface area contributed by atoms with Gasteiger partial charge in [0.25, 0.3) is 0 Å². The monoisotopic (exact) mass is 191 g/mol. The Bertz CT molecular complexity index is 96.5. The molecular weight excluding hydrogens is 170 g/mol. The summed E-state index contributed by atoms with van der Waals surface area (Å²) in [5, 5.41) is 12.5. The fourth-order valence-electron chi connectivity index (χ4n) is 1.22. The third-order valence-corrected chi connectivity index (χ3v) is 3.44. The molecule has 0 saturated carbocycles. The number of thioether (sulfide) groups is 1. The predicted molar refractivity (Wildman–Crippen MR) is 56.8 cm³/mol. The molecule has 0 aromatic heterocycles. The van der Waals surface area contributed by atoms with Crippen LogP contribution in [0.25, 0.3) is 0 Å². The molecule has 0 aliphatic carbocycles. The lowest BCUT2D eigenvalue weighted by Gasteiger charge is -2.21. The maximum absolute atomic E-state index is 8.60. The van der Waals surface area contributed by atoms with Gasteiger partial charge in [-0.25, -0.2) is 0 Å². The molecule has 2 N–H and O–H groups in total. The van der Waals surface area contributed by atoms with Crippen molar-refractivity contribution >= 4 is 11.8 Å². The first-order valence-electron chi connectivity index (χ1n) is 4.66. The molecule has 2 atom stereocenters. The molecule has 0 heterocycles. The highest BCUT2D eigenvalue weighted by Crippen LogP contribution is 2.16. The molecule has 2 nitrogen and oxygen atoms in total. The lowest BCUT2D eigenvalue weighted by Crippen LogP contribution is -2.33. The average Bonchev–Trinajstić information content (AvgIpc) is 2.07. The van der Waals surface area contributed by atoms with Gasteiger partial charge in [-0.1, -0.05) is 13.8 Å². The standard InChI is InChI=1S/C9H21NOS/c1-4-9(10-3)8(2)12-7-5-6-11/h8-11H,4-7H2,1-3H3. The minimum Gasteiger partial charge on any atom is -0.396 e. The summed E-state index contributed by atoms with van der Waals surface area (Å²) in [5.41, 5.74) is 0. The topological polar surface area (TPSA) is 32.3 Å². The van der Waals surface area contributed by atoms with E-state index >= 15 is 0 Å². The van der Waals surface area contributed by atoms with Crippen LogP contribution in [-0.4, -0.2) is 35.8 Å². The molecular formula is C9H21NOS. The van der Waals surface area contributed by atoms with Crippen molar-refractivity contribution < 1.29 is 5.11 Å². The van der Waals surface area contributed by atoms with Gasteiger partial charge in [-0.2, -0.15) is 11.8 Å². The Kier molecular flexibility index (Phi) is 8.07. The van der Waals surface area contributed by atoms with Crippen molar-refractivity contribution in [3.8, 4) is 0 Å². The van der Waals surface area contributed by atoms with Crippen LogP contribution < -0.4 is 5.32 Å². The lowest BCUT2D eigenvalue weighted by molar-refractivity contribution is 0.296. The molecule has 0 bridgehead atoms. The van der Waals surface area contributed by atoms with Gasteiger partial charge in [0.2, 0.25) is 0 Å². The highest BCUT2D eigenvalue weighted by molar-refractivity contribution is 7.99. The van der Waals surface area contributed by atoms with Gasteiger partial charge in [-0.3, -0.25) is 0 Å². The number of nitrogens with one attached hydrogen (secondary N) is 1. The molecule has 0 fully saturated rings. The van der Waals surface area contributed by atoms with Crippen LogP contribution in [0.4, 0.5) is 0 Å². The van der Waals surface area contributed by atoms with Gasteiger partial charge < -0.3 is 10.4 Å². The van der Waals surface area contributed by atoms with Crippen LogP contribution in [0.5, 0.6) is 0 Å². The first-order chi connectivity index (χ1) is 5.76. The van der Waals surface area contributed by atoms with Crippen molar-refractivity contribution in [3.05, 3.63) is 0 Å². The van der Waals surface area contributed by atoms with Crippen molar-refractivity contribution in [1.29, 1.82) is 0 Å². The molecule has 3 heteroatoms. The molecule has 0 amide bonds. The summed E-state index contributed by atoms with van der Waals surface area (Å²) in [5.74, 6) is 1.07. The van der Waals surface area contributed by atoms with Gasteiger partial charge in [0.05, 0.1) is 0 Å². The van der Waals surface area contributed by atoms with Crippen molar-refractivity contribution in [3.63, 3.8) is 0 Å². The van der Waals surface area contributed by atoms with E-state index in [2.05, 4.69) is 19.2 Å². The molecule has 0 aliphatic rings. The summed E-state index contributed by atoms with van der Waals surface area (Å²) >= 11 is 1.94. The molecule has 0 rings (SSSR count). The first-order valence-corrected chi connectivity index (χ1v) is 5.70. The van der Waals surface area contributed by atoms with E-state index in [1.54, 1.807) is 0 Å². The Balaban J connectivity index is 3.47. The van der Waals surface area contributed by atoms with E-state index in [0.717, 1.165) is 12.2 Å². The lowest BCUT2D eigenvalue weighted by atomic mass is 10.2. The van der Waals surface area contributed by atoms with E-state index in [9.17, 15) is 0 Å². The quantitative estimate of drug-likeness (QED) is 0.598. The van der Waals surface area contributed by atoms with Gasteiger partial charge in [-0.15, -0.1) is 0 Å². The zero-order chi connectivity index (χ0) is 9.40. The fourth-order valence-corrected chi connectivity index (χ4v) is 2.45. The fraction of sp³-hybridized carbons (Fsp3) is 1.00. The van der Waals surface area contributed by atoms with Crippen molar-refractivity contribution in [2.24, 2.45) is 0 Å². The molecule has 0 radical (unpaired) electrons. The van der Waals surface area contributed by atoms with Crippen LogP contribution in [0.2, 0.25) is 0 Å². The smallest absolute Gasteiger partial charge is 0.0438 e. The number of aliphatic hydroxyl groups excluding tert-OH is 1. The van der Waals surface area contributed by atoms with E-state index in [-0.39, 0.29) is 0 Å². The van der Waals surface area contributed by atoms with Crippen LogP contribution in [0.3, 0.4) is 0 Å². The second kappa shape index (κ2) is 7.90. The van der Waals surface area contributed by atoms with Gasteiger partial charge in [-0.05, 0) is 25.6 Å². The summed E-state index contributed by atoms with van der Waals surface area (Å²) in [6.45, 7) is 4.76. The second-order valence-corrected chi connectivity index (χ2v) is 4.44. The zero-order valence-electron chi connectivity index (χ0n) is 8.34. The number of aliphatic hydroxyl groups is 1. The summed E-state index contributed by atoms with van der Waals surface area (Å²) < 4.78 is 0. The first kappa shape index (κ1) is 12.3. The number of rotatable bonds is 7. The Hall–Kier alpha value is 0.270. The molecule has 2 unspecified atom stereocenters. The van der Waals surface area contributed by atoms with E-state index in [0.29, 0.717) is 17.9 Å². The Morgan fingerprint density at radius 2 is 2.17 bits per heavy atom.